The van der Waals surface area contributed by atoms with Crippen LogP contribution in [0.5, 0.6) is 0 Å². The monoisotopic (exact) mass is 421 g/mol. The van der Waals surface area contributed by atoms with Gasteiger partial charge in [-0.25, -0.2) is 13.2 Å². The van der Waals surface area contributed by atoms with Crippen LogP contribution < -0.4 is 5.32 Å². The lowest BCUT2D eigenvalue weighted by Gasteiger charge is -2.31. The Morgan fingerprint density at radius 2 is 2.07 bits per heavy atom. The van der Waals surface area contributed by atoms with Gasteiger partial charge in [-0.2, -0.15) is 4.31 Å². The maximum absolute atomic E-state index is 13.0. The van der Waals surface area contributed by atoms with Gasteiger partial charge in [0, 0.05) is 18.8 Å². The number of piperidine rings is 1. The van der Waals surface area contributed by atoms with Gasteiger partial charge in [-0.3, -0.25) is 4.79 Å². The van der Waals surface area contributed by atoms with Gasteiger partial charge in [0.2, 0.25) is 15.9 Å². The lowest BCUT2D eigenvalue weighted by Crippen LogP contribution is -2.43. The number of carbonyl (C=O) groups excluding carboxylic acids is 2. The van der Waals surface area contributed by atoms with Crippen LogP contribution in [0.15, 0.2) is 33.7 Å². The van der Waals surface area contributed by atoms with Gasteiger partial charge in [0.25, 0.3) is 0 Å². The number of benzene rings is 1. The number of amides is 1. The number of aryl methyl sites for hydroxylation is 2. The summed E-state index contributed by atoms with van der Waals surface area (Å²) in [6.45, 7) is 3.52. The van der Waals surface area contributed by atoms with Crippen molar-refractivity contribution < 1.29 is 27.3 Å². The van der Waals surface area contributed by atoms with Crippen molar-refractivity contribution in [3.05, 3.63) is 41.3 Å². The van der Waals surface area contributed by atoms with Crippen LogP contribution >= 0.6 is 0 Å². The van der Waals surface area contributed by atoms with Gasteiger partial charge < -0.3 is 14.6 Å². The van der Waals surface area contributed by atoms with E-state index in [-0.39, 0.29) is 23.1 Å². The lowest BCUT2D eigenvalue weighted by molar-refractivity contribution is -0.120. The first-order valence-corrected chi connectivity index (χ1v) is 10.6. The van der Waals surface area contributed by atoms with Gasteiger partial charge in [0.15, 0.2) is 5.76 Å². The van der Waals surface area contributed by atoms with Gasteiger partial charge in [0.1, 0.15) is 10.6 Å². The molecule has 0 radical (unpaired) electrons. The highest BCUT2D eigenvalue weighted by atomic mass is 32.2. The van der Waals surface area contributed by atoms with Crippen molar-refractivity contribution in [3.8, 4) is 0 Å². The largest absolute Gasteiger partial charge is 0.465 e. The molecule has 0 spiro atoms. The standard InChI is InChI=1S/C19H23N3O6S/c1-12-17(13(2)28-21-12)29(25,26)22-9-5-7-15(11-22)18(23)20-16-8-4-6-14(10-16)19(24)27-3/h4,6,8,10,15H,5,7,9,11H2,1-3H3,(H,20,23). The summed E-state index contributed by atoms with van der Waals surface area (Å²) in [6.07, 6.45) is 1.12. The molecule has 3 rings (SSSR count). The molecule has 1 unspecified atom stereocenters. The molecule has 1 aliphatic rings. The predicted molar refractivity (Wildman–Crippen MR) is 104 cm³/mol. The van der Waals surface area contributed by atoms with Gasteiger partial charge >= 0.3 is 5.97 Å². The highest BCUT2D eigenvalue weighted by Gasteiger charge is 2.36. The quantitative estimate of drug-likeness (QED) is 0.735. The number of hydrogen-bond acceptors (Lipinski definition) is 7. The molecule has 1 atom stereocenters. The minimum absolute atomic E-state index is 0.0596. The third kappa shape index (κ3) is 4.33. The SMILES string of the molecule is COC(=O)c1cccc(NC(=O)C2CCCN(S(=O)(=O)c3c(C)noc3C)C2)c1. The van der Waals surface area contributed by atoms with E-state index in [9.17, 15) is 18.0 Å². The molecule has 0 bridgehead atoms. The van der Waals surface area contributed by atoms with Crippen molar-refractivity contribution in [2.75, 3.05) is 25.5 Å². The number of ether oxygens (including phenoxy) is 1. The molecule has 1 aromatic heterocycles. The van der Waals surface area contributed by atoms with E-state index in [0.717, 1.165) is 0 Å². The molecule has 1 aliphatic heterocycles. The molecule has 0 aliphatic carbocycles. The molecule has 156 valence electrons. The third-order valence-electron chi connectivity index (χ3n) is 4.87. The van der Waals surface area contributed by atoms with E-state index in [1.165, 1.54) is 17.5 Å². The van der Waals surface area contributed by atoms with Crippen LogP contribution in [-0.2, 0) is 19.6 Å². The smallest absolute Gasteiger partial charge is 0.337 e. The summed E-state index contributed by atoms with van der Waals surface area (Å²) in [5.74, 6) is -1.09. The first-order valence-electron chi connectivity index (χ1n) is 9.16. The first-order chi connectivity index (χ1) is 13.7. The number of anilines is 1. The van der Waals surface area contributed by atoms with Crippen molar-refractivity contribution in [2.24, 2.45) is 5.92 Å². The van der Waals surface area contributed by atoms with Gasteiger partial charge in [-0.05, 0) is 44.9 Å². The minimum Gasteiger partial charge on any atom is -0.465 e. The number of esters is 1. The molecule has 9 nitrogen and oxygen atoms in total. The fourth-order valence-electron chi connectivity index (χ4n) is 3.43. The van der Waals surface area contributed by atoms with E-state index in [0.29, 0.717) is 36.3 Å². The van der Waals surface area contributed by atoms with Gasteiger partial charge in [0.05, 0.1) is 18.6 Å². The topological polar surface area (TPSA) is 119 Å². The highest BCUT2D eigenvalue weighted by molar-refractivity contribution is 7.89. The molecular weight excluding hydrogens is 398 g/mol. The maximum atomic E-state index is 13.0. The molecule has 1 N–H and O–H groups in total. The average molecular weight is 421 g/mol. The Morgan fingerprint density at radius 3 is 2.72 bits per heavy atom. The number of hydrogen-bond donors (Lipinski definition) is 1. The van der Waals surface area contributed by atoms with E-state index in [1.807, 2.05) is 0 Å². The predicted octanol–water partition coefficient (Wildman–Crippen LogP) is 2.12. The lowest BCUT2D eigenvalue weighted by atomic mass is 9.98. The number of methoxy groups -OCH3 is 1. The highest BCUT2D eigenvalue weighted by Crippen LogP contribution is 2.28. The molecule has 2 heterocycles. The first kappa shape index (κ1) is 21.0. The molecular formula is C19H23N3O6S. The second-order valence-corrected chi connectivity index (χ2v) is 8.79. The number of sulfonamides is 1. The van der Waals surface area contributed by atoms with Crippen molar-refractivity contribution >= 4 is 27.6 Å². The second-order valence-electron chi connectivity index (χ2n) is 6.92. The van der Waals surface area contributed by atoms with E-state index in [4.69, 9.17) is 4.52 Å². The Balaban J connectivity index is 1.74. The van der Waals surface area contributed by atoms with Crippen LogP contribution in [0, 0.1) is 19.8 Å². The van der Waals surface area contributed by atoms with Crippen LogP contribution in [0.25, 0.3) is 0 Å². The average Bonchev–Trinajstić information content (AvgIpc) is 3.06. The number of carbonyl (C=O) groups is 2. The van der Waals surface area contributed by atoms with Crippen molar-refractivity contribution in [3.63, 3.8) is 0 Å². The Hall–Kier alpha value is -2.72. The van der Waals surface area contributed by atoms with Crippen LogP contribution in [0.2, 0.25) is 0 Å². The van der Waals surface area contributed by atoms with E-state index >= 15 is 0 Å². The van der Waals surface area contributed by atoms with E-state index in [2.05, 4.69) is 15.2 Å². The normalized spacial score (nSPS) is 17.7. The molecule has 0 saturated carbocycles. The summed E-state index contributed by atoms with van der Waals surface area (Å²) in [4.78, 5) is 24.4. The number of nitrogens with zero attached hydrogens (tertiary/aromatic N) is 2. The van der Waals surface area contributed by atoms with Crippen LogP contribution in [0.1, 0.15) is 34.7 Å². The number of nitrogens with one attached hydrogen (secondary N) is 1. The Kier molecular flexibility index (Phi) is 6.04. The van der Waals surface area contributed by atoms with Crippen LogP contribution in [0.4, 0.5) is 5.69 Å². The van der Waals surface area contributed by atoms with E-state index in [1.54, 1.807) is 32.0 Å². The van der Waals surface area contributed by atoms with Crippen LogP contribution in [0.3, 0.4) is 0 Å². The molecule has 1 saturated heterocycles. The van der Waals surface area contributed by atoms with Crippen molar-refractivity contribution in [1.82, 2.24) is 9.46 Å². The zero-order valence-electron chi connectivity index (χ0n) is 16.5. The molecule has 29 heavy (non-hydrogen) atoms. The summed E-state index contributed by atoms with van der Waals surface area (Å²) >= 11 is 0. The Labute approximate surface area is 169 Å². The number of aromatic nitrogens is 1. The van der Waals surface area contributed by atoms with Crippen molar-refractivity contribution in [2.45, 2.75) is 31.6 Å². The third-order valence-corrected chi connectivity index (χ3v) is 6.98. The molecule has 1 aromatic carbocycles. The molecule has 10 heteroatoms. The fraction of sp³-hybridized carbons (Fsp3) is 0.421. The number of rotatable bonds is 5. The second kappa shape index (κ2) is 8.34. The zero-order chi connectivity index (χ0) is 21.2. The fourth-order valence-corrected chi connectivity index (χ4v) is 5.25. The molecule has 1 amide bonds. The zero-order valence-corrected chi connectivity index (χ0v) is 17.3. The summed E-state index contributed by atoms with van der Waals surface area (Å²) in [6, 6.07) is 6.40. The van der Waals surface area contributed by atoms with Gasteiger partial charge in [-0.15, -0.1) is 0 Å². The molecule has 1 fully saturated rings. The van der Waals surface area contributed by atoms with Crippen molar-refractivity contribution in [1.29, 1.82) is 0 Å². The summed E-state index contributed by atoms with van der Waals surface area (Å²) in [5.41, 5.74) is 1.06. The van der Waals surface area contributed by atoms with Crippen LogP contribution in [-0.4, -0.2) is 50.0 Å². The maximum Gasteiger partial charge on any atom is 0.337 e. The van der Waals surface area contributed by atoms with Gasteiger partial charge in [-0.1, -0.05) is 11.2 Å². The summed E-state index contributed by atoms with van der Waals surface area (Å²) in [5, 5.41) is 6.48. The van der Waals surface area contributed by atoms with E-state index < -0.39 is 21.9 Å². The minimum atomic E-state index is -3.80. The summed E-state index contributed by atoms with van der Waals surface area (Å²) in [7, 11) is -2.52. The Morgan fingerprint density at radius 1 is 1.31 bits per heavy atom. The summed E-state index contributed by atoms with van der Waals surface area (Å²) < 4.78 is 37.0. The molecule has 2 aromatic rings. The Bertz CT molecular complexity index is 1010.